The van der Waals surface area contributed by atoms with Crippen molar-refractivity contribution in [2.24, 2.45) is 11.8 Å². The molecule has 2 unspecified atom stereocenters. The molecule has 5 nitrogen and oxygen atoms in total. The molecule has 0 saturated carbocycles. The Bertz CT molecular complexity index is 315. The van der Waals surface area contributed by atoms with E-state index in [0.29, 0.717) is 13.1 Å². The molecule has 0 aromatic heterocycles. The molecule has 0 aromatic carbocycles. The van der Waals surface area contributed by atoms with Crippen molar-refractivity contribution >= 4 is 11.9 Å². The largest absolute Gasteiger partial charge is 0.480 e. The Hall–Kier alpha value is -1.10. The normalized spacial score (nSPS) is 24.7. The zero-order chi connectivity index (χ0) is 13.2. The molecule has 1 fully saturated rings. The van der Waals surface area contributed by atoms with E-state index in [0.717, 1.165) is 6.54 Å². The molecule has 2 N–H and O–H groups in total. The Morgan fingerprint density at radius 2 is 2.00 bits per heavy atom. The fraction of sp³-hybridized carbons (Fsp3) is 0.833. The molecule has 1 rings (SSSR count). The van der Waals surface area contributed by atoms with Crippen molar-refractivity contribution in [3.63, 3.8) is 0 Å². The summed E-state index contributed by atoms with van der Waals surface area (Å²) in [5.74, 6) is -0.863. The Morgan fingerprint density at radius 1 is 1.41 bits per heavy atom. The topological polar surface area (TPSA) is 69.6 Å². The number of likely N-dealkylation sites (N-methyl/N-ethyl adjacent to an activating group) is 1. The van der Waals surface area contributed by atoms with Crippen molar-refractivity contribution < 1.29 is 14.7 Å². The van der Waals surface area contributed by atoms with Gasteiger partial charge in [0.15, 0.2) is 0 Å². The smallest absolute Gasteiger partial charge is 0.329 e. The fourth-order valence-corrected chi connectivity index (χ4v) is 2.28. The summed E-state index contributed by atoms with van der Waals surface area (Å²) in [7, 11) is 0. The average Bonchev–Trinajstić information content (AvgIpc) is 2.64. The van der Waals surface area contributed by atoms with Crippen LogP contribution in [0.4, 0.5) is 0 Å². The lowest BCUT2D eigenvalue weighted by atomic mass is 9.93. The number of amides is 1. The first-order valence-electron chi connectivity index (χ1n) is 6.08. The van der Waals surface area contributed by atoms with Gasteiger partial charge >= 0.3 is 5.97 Å². The van der Waals surface area contributed by atoms with Gasteiger partial charge in [-0.1, -0.05) is 6.92 Å². The molecule has 0 aromatic rings. The highest BCUT2D eigenvalue weighted by molar-refractivity contribution is 5.88. The number of nitrogens with zero attached hydrogens (tertiary/aromatic N) is 1. The number of hydrogen-bond donors (Lipinski definition) is 2. The maximum atomic E-state index is 12.4. The van der Waals surface area contributed by atoms with Gasteiger partial charge in [-0.3, -0.25) is 4.79 Å². The summed E-state index contributed by atoms with van der Waals surface area (Å²) in [4.78, 5) is 25.0. The Morgan fingerprint density at radius 3 is 2.35 bits per heavy atom. The van der Waals surface area contributed by atoms with E-state index >= 15 is 0 Å². The molecule has 2 atom stereocenters. The molecule has 1 heterocycles. The first-order chi connectivity index (χ1) is 7.82. The predicted octanol–water partition coefficient (Wildman–Crippen LogP) is 0.554. The quantitative estimate of drug-likeness (QED) is 0.755. The summed E-state index contributed by atoms with van der Waals surface area (Å²) in [5, 5.41) is 12.4. The molecule has 17 heavy (non-hydrogen) atoms. The summed E-state index contributed by atoms with van der Waals surface area (Å²) in [5.41, 5.74) is -1.14. The van der Waals surface area contributed by atoms with E-state index in [1.165, 1.54) is 4.90 Å². The van der Waals surface area contributed by atoms with Crippen molar-refractivity contribution in [1.29, 1.82) is 0 Å². The van der Waals surface area contributed by atoms with E-state index in [1.807, 2.05) is 13.8 Å². The van der Waals surface area contributed by atoms with Gasteiger partial charge in [0.25, 0.3) is 0 Å². The number of carboxylic acid groups (broad SMARTS) is 1. The highest BCUT2D eigenvalue weighted by atomic mass is 16.4. The number of aliphatic carboxylic acids is 1. The Balaban J connectivity index is 2.87. The third-order valence-electron chi connectivity index (χ3n) is 3.62. The molecule has 5 heteroatoms. The number of carbonyl (C=O) groups excluding carboxylic acids is 1. The standard InChI is InChI=1S/C12H22N2O3/c1-5-14(12(3,4)11(16)17)10(15)9-7-13-6-8(9)2/h8-9,13H,5-7H2,1-4H3,(H,16,17). The van der Waals surface area contributed by atoms with Crippen LogP contribution in [0.1, 0.15) is 27.7 Å². The molecule has 0 radical (unpaired) electrons. The minimum atomic E-state index is -1.14. The summed E-state index contributed by atoms with van der Waals surface area (Å²) in [6.45, 7) is 8.86. The lowest BCUT2D eigenvalue weighted by Gasteiger charge is -2.36. The van der Waals surface area contributed by atoms with Crippen LogP contribution in [0, 0.1) is 11.8 Å². The number of carboxylic acids is 1. The zero-order valence-corrected chi connectivity index (χ0v) is 11.0. The van der Waals surface area contributed by atoms with Gasteiger partial charge in [0.2, 0.25) is 5.91 Å². The van der Waals surface area contributed by atoms with E-state index < -0.39 is 11.5 Å². The van der Waals surface area contributed by atoms with Gasteiger partial charge in [-0.15, -0.1) is 0 Å². The van der Waals surface area contributed by atoms with Crippen LogP contribution in [0.5, 0.6) is 0 Å². The number of hydrogen-bond acceptors (Lipinski definition) is 3. The zero-order valence-electron chi connectivity index (χ0n) is 11.0. The second kappa shape index (κ2) is 5.04. The van der Waals surface area contributed by atoms with Crippen LogP contribution in [0.25, 0.3) is 0 Å². The third kappa shape index (κ3) is 2.60. The van der Waals surface area contributed by atoms with Crippen molar-refractivity contribution in [1.82, 2.24) is 10.2 Å². The minimum absolute atomic E-state index is 0.0580. The van der Waals surface area contributed by atoms with Crippen LogP contribution in [0.15, 0.2) is 0 Å². The first-order valence-corrected chi connectivity index (χ1v) is 6.08. The van der Waals surface area contributed by atoms with Gasteiger partial charge in [-0.2, -0.15) is 0 Å². The van der Waals surface area contributed by atoms with Gasteiger partial charge in [-0.25, -0.2) is 4.79 Å². The molecule has 0 aliphatic carbocycles. The molecule has 1 saturated heterocycles. The average molecular weight is 242 g/mol. The van der Waals surface area contributed by atoms with Gasteiger partial charge in [-0.05, 0) is 33.2 Å². The van der Waals surface area contributed by atoms with Crippen LogP contribution < -0.4 is 5.32 Å². The van der Waals surface area contributed by atoms with Crippen LogP contribution in [0.3, 0.4) is 0 Å². The molecule has 1 aliphatic heterocycles. The Labute approximate surface area is 102 Å². The van der Waals surface area contributed by atoms with Gasteiger partial charge in [0, 0.05) is 13.1 Å². The van der Waals surface area contributed by atoms with Crippen molar-refractivity contribution in [2.45, 2.75) is 33.2 Å². The maximum Gasteiger partial charge on any atom is 0.329 e. The van der Waals surface area contributed by atoms with Gasteiger partial charge in [0.1, 0.15) is 5.54 Å². The molecule has 0 bridgehead atoms. The van der Waals surface area contributed by atoms with Crippen LogP contribution in [-0.4, -0.2) is 47.1 Å². The number of nitrogens with one attached hydrogen (secondary N) is 1. The predicted molar refractivity (Wildman–Crippen MR) is 64.6 cm³/mol. The molecule has 1 aliphatic rings. The highest BCUT2D eigenvalue weighted by Gasteiger charge is 2.41. The fourth-order valence-electron chi connectivity index (χ4n) is 2.28. The minimum Gasteiger partial charge on any atom is -0.480 e. The summed E-state index contributed by atoms with van der Waals surface area (Å²) in [6.07, 6.45) is 0. The second-order valence-corrected chi connectivity index (χ2v) is 5.19. The molecular weight excluding hydrogens is 220 g/mol. The Kier molecular flexibility index (Phi) is 4.14. The van der Waals surface area contributed by atoms with E-state index in [1.54, 1.807) is 13.8 Å². The van der Waals surface area contributed by atoms with E-state index in [-0.39, 0.29) is 17.7 Å². The van der Waals surface area contributed by atoms with E-state index in [9.17, 15) is 14.7 Å². The monoisotopic (exact) mass is 242 g/mol. The summed E-state index contributed by atoms with van der Waals surface area (Å²) >= 11 is 0. The number of carbonyl (C=O) groups is 2. The maximum absolute atomic E-state index is 12.4. The van der Waals surface area contributed by atoms with Crippen LogP contribution in [-0.2, 0) is 9.59 Å². The van der Waals surface area contributed by atoms with Crippen molar-refractivity contribution in [3.8, 4) is 0 Å². The molecule has 0 spiro atoms. The van der Waals surface area contributed by atoms with E-state index in [4.69, 9.17) is 0 Å². The molecule has 1 amide bonds. The van der Waals surface area contributed by atoms with Crippen molar-refractivity contribution in [2.75, 3.05) is 19.6 Å². The summed E-state index contributed by atoms with van der Waals surface area (Å²) in [6, 6.07) is 0. The van der Waals surface area contributed by atoms with Gasteiger partial charge in [0.05, 0.1) is 5.92 Å². The SMILES string of the molecule is CCN(C(=O)C1CNCC1C)C(C)(C)C(=O)O. The van der Waals surface area contributed by atoms with Crippen LogP contribution >= 0.6 is 0 Å². The second-order valence-electron chi connectivity index (χ2n) is 5.19. The molecular formula is C12H22N2O3. The lowest BCUT2D eigenvalue weighted by molar-refractivity contribution is -0.158. The first kappa shape index (κ1) is 14.0. The lowest BCUT2D eigenvalue weighted by Crippen LogP contribution is -2.55. The number of rotatable bonds is 4. The van der Waals surface area contributed by atoms with Crippen molar-refractivity contribution in [3.05, 3.63) is 0 Å². The van der Waals surface area contributed by atoms with Gasteiger partial charge < -0.3 is 15.3 Å². The van der Waals surface area contributed by atoms with Crippen LogP contribution in [0.2, 0.25) is 0 Å². The highest BCUT2D eigenvalue weighted by Crippen LogP contribution is 2.23. The summed E-state index contributed by atoms with van der Waals surface area (Å²) < 4.78 is 0. The third-order valence-corrected chi connectivity index (χ3v) is 3.62. The van der Waals surface area contributed by atoms with E-state index in [2.05, 4.69) is 5.32 Å². The molecule has 98 valence electrons.